The van der Waals surface area contributed by atoms with Gasteiger partial charge in [0.25, 0.3) is 0 Å². The Morgan fingerprint density at radius 3 is 2.69 bits per heavy atom. The molecule has 1 aromatic rings. The summed E-state index contributed by atoms with van der Waals surface area (Å²) in [6.07, 6.45) is 3.46. The largest absolute Gasteiger partial charge is 0.371 e. The van der Waals surface area contributed by atoms with E-state index in [2.05, 4.69) is 43.9 Å². The fourth-order valence-corrected chi connectivity index (χ4v) is 2.77. The van der Waals surface area contributed by atoms with Crippen molar-refractivity contribution in [2.24, 2.45) is 5.90 Å². The van der Waals surface area contributed by atoms with E-state index < -0.39 is 0 Å². The van der Waals surface area contributed by atoms with Crippen LogP contribution in [-0.2, 0) is 11.3 Å². The van der Waals surface area contributed by atoms with Crippen molar-refractivity contribution in [1.82, 2.24) is 0 Å². The average Bonchev–Trinajstić information content (AvgIpc) is 2.80. The van der Waals surface area contributed by atoms with Crippen LogP contribution >= 0.6 is 15.9 Å². The molecule has 88 valence electrons. The number of nitrogens with two attached hydrogens (primary N) is 1. The Balaban J connectivity index is 2.09. The van der Waals surface area contributed by atoms with Crippen molar-refractivity contribution in [1.29, 1.82) is 0 Å². The number of nitrogens with zero attached hydrogens (tertiary/aromatic N) is 1. The Kier molecular flexibility index (Phi) is 4.21. The first kappa shape index (κ1) is 11.9. The fraction of sp³-hybridized carbons (Fsp3) is 0.500. The predicted octanol–water partition coefficient (Wildman–Crippen LogP) is 2.48. The molecule has 4 heteroatoms. The van der Waals surface area contributed by atoms with Crippen LogP contribution in [0.1, 0.15) is 18.4 Å². The summed E-state index contributed by atoms with van der Waals surface area (Å²) in [5.74, 6) is 5.02. The summed E-state index contributed by atoms with van der Waals surface area (Å²) in [5.41, 5.74) is 2.55. The molecule has 0 saturated carbocycles. The molecular formula is C12H17BrN2O. The van der Waals surface area contributed by atoms with Gasteiger partial charge in [-0.15, -0.1) is 0 Å². The molecule has 1 fully saturated rings. The highest BCUT2D eigenvalue weighted by Crippen LogP contribution is 2.29. The quantitative estimate of drug-likeness (QED) is 0.864. The van der Waals surface area contributed by atoms with E-state index in [1.165, 1.54) is 41.7 Å². The number of hydrogen-bond acceptors (Lipinski definition) is 3. The molecule has 1 aliphatic heterocycles. The predicted molar refractivity (Wildman–Crippen MR) is 69.4 cm³/mol. The lowest BCUT2D eigenvalue weighted by atomic mass is 10.1. The number of benzene rings is 1. The topological polar surface area (TPSA) is 38.5 Å². The van der Waals surface area contributed by atoms with Crippen molar-refractivity contribution in [2.75, 3.05) is 24.6 Å². The van der Waals surface area contributed by atoms with Gasteiger partial charge in [0.05, 0.1) is 12.3 Å². The SMILES string of the molecule is NOCCc1ccc(N2CCCC2)c(Br)c1. The van der Waals surface area contributed by atoms with Gasteiger partial charge >= 0.3 is 0 Å². The molecule has 1 saturated heterocycles. The maximum atomic E-state index is 5.02. The second-order valence-electron chi connectivity index (χ2n) is 4.10. The third-order valence-corrected chi connectivity index (χ3v) is 3.60. The molecule has 3 nitrogen and oxygen atoms in total. The third kappa shape index (κ3) is 2.75. The standard InChI is InChI=1S/C12H17BrN2O/c13-11-9-10(5-8-16-14)3-4-12(11)15-6-1-2-7-15/h3-4,9H,1-2,5-8,14H2. The molecule has 16 heavy (non-hydrogen) atoms. The first-order valence-electron chi connectivity index (χ1n) is 5.66. The van der Waals surface area contributed by atoms with Gasteiger partial charge in [-0.1, -0.05) is 6.07 Å². The van der Waals surface area contributed by atoms with Crippen LogP contribution in [0.3, 0.4) is 0 Å². The molecule has 0 bridgehead atoms. The Labute approximate surface area is 105 Å². The van der Waals surface area contributed by atoms with Crippen molar-refractivity contribution in [3.05, 3.63) is 28.2 Å². The van der Waals surface area contributed by atoms with Crippen LogP contribution in [0.4, 0.5) is 5.69 Å². The molecule has 0 aliphatic carbocycles. The Bertz CT molecular complexity index is 351. The molecule has 1 heterocycles. The highest BCUT2D eigenvalue weighted by atomic mass is 79.9. The molecule has 0 radical (unpaired) electrons. The van der Waals surface area contributed by atoms with E-state index in [0.717, 1.165) is 6.42 Å². The minimum Gasteiger partial charge on any atom is -0.371 e. The lowest BCUT2D eigenvalue weighted by Crippen LogP contribution is -2.18. The van der Waals surface area contributed by atoms with E-state index >= 15 is 0 Å². The highest BCUT2D eigenvalue weighted by molar-refractivity contribution is 9.10. The first-order chi connectivity index (χ1) is 7.81. The van der Waals surface area contributed by atoms with Gasteiger partial charge in [-0.2, -0.15) is 0 Å². The molecule has 1 aliphatic rings. The third-order valence-electron chi connectivity index (χ3n) is 2.97. The van der Waals surface area contributed by atoms with Gasteiger partial charge in [0, 0.05) is 17.6 Å². The number of rotatable bonds is 4. The lowest BCUT2D eigenvalue weighted by Gasteiger charge is -2.19. The van der Waals surface area contributed by atoms with Crippen LogP contribution in [0.25, 0.3) is 0 Å². The fourth-order valence-electron chi connectivity index (χ4n) is 2.10. The minimum atomic E-state index is 0.565. The van der Waals surface area contributed by atoms with Crippen LogP contribution in [-0.4, -0.2) is 19.7 Å². The molecule has 2 N–H and O–H groups in total. The van der Waals surface area contributed by atoms with Crippen molar-refractivity contribution in [2.45, 2.75) is 19.3 Å². The normalized spacial score (nSPS) is 15.8. The lowest BCUT2D eigenvalue weighted by molar-refractivity contribution is 0.141. The Morgan fingerprint density at radius 1 is 1.31 bits per heavy atom. The van der Waals surface area contributed by atoms with E-state index in [0.29, 0.717) is 6.61 Å². The molecule has 0 unspecified atom stereocenters. The van der Waals surface area contributed by atoms with Crippen molar-refractivity contribution in [3.63, 3.8) is 0 Å². The average molecular weight is 285 g/mol. The Morgan fingerprint density at radius 2 is 2.06 bits per heavy atom. The zero-order valence-corrected chi connectivity index (χ0v) is 10.9. The van der Waals surface area contributed by atoms with Crippen LogP contribution in [0, 0.1) is 0 Å². The molecule has 2 rings (SSSR count). The summed E-state index contributed by atoms with van der Waals surface area (Å²) in [6, 6.07) is 6.49. The molecule has 0 aromatic heterocycles. The van der Waals surface area contributed by atoms with Crippen molar-refractivity contribution in [3.8, 4) is 0 Å². The molecular weight excluding hydrogens is 268 g/mol. The van der Waals surface area contributed by atoms with Crippen LogP contribution < -0.4 is 10.8 Å². The zero-order chi connectivity index (χ0) is 11.4. The van der Waals surface area contributed by atoms with Gasteiger partial charge in [0.2, 0.25) is 0 Å². The van der Waals surface area contributed by atoms with E-state index in [1.807, 2.05) is 0 Å². The van der Waals surface area contributed by atoms with Gasteiger partial charge in [0.1, 0.15) is 0 Å². The number of halogens is 1. The van der Waals surface area contributed by atoms with E-state index in [9.17, 15) is 0 Å². The van der Waals surface area contributed by atoms with Gasteiger partial charge in [-0.3, -0.25) is 0 Å². The number of anilines is 1. The van der Waals surface area contributed by atoms with E-state index in [4.69, 9.17) is 5.90 Å². The summed E-state index contributed by atoms with van der Waals surface area (Å²) in [5, 5.41) is 0. The smallest absolute Gasteiger partial charge is 0.0719 e. The summed E-state index contributed by atoms with van der Waals surface area (Å²) in [6.45, 7) is 2.91. The van der Waals surface area contributed by atoms with Crippen LogP contribution in [0.5, 0.6) is 0 Å². The van der Waals surface area contributed by atoms with E-state index in [1.54, 1.807) is 0 Å². The monoisotopic (exact) mass is 284 g/mol. The molecule has 0 atom stereocenters. The van der Waals surface area contributed by atoms with Crippen molar-refractivity contribution < 1.29 is 4.84 Å². The first-order valence-corrected chi connectivity index (χ1v) is 6.45. The summed E-state index contributed by atoms with van der Waals surface area (Å²) in [7, 11) is 0. The zero-order valence-electron chi connectivity index (χ0n) is 9.29. The van der Waals surface area contributed by atoms with Crippen molar-refractivity contribution >= 4 is 21.6 Å². The summed E-state index contributed by atoms with van der Waals surface area (Å²) >= 11 is 3.64. The van der Waals surface area contributed by atoms with E-state index in [-0.39, 0.29) is 0 Å². The number of hydrogen-bond donors (Lipinski definition) is 1. The molecule has 1 aromatic carbocycles. The second-order valence-corrected chi connectivity index (χ2v) is 4.96. The van der Waals surface area contributed by atoms with Gasteiger partial charge in [0.15, 0.2) is 0 Å². The summed E-state index contributed by atoms with van der Waals surface area (Å²) < 4.78 is 1.17. The van der Waals surface area contributed by atoms with Gasteiger partial charge in [-0.05, 0) is 52.9 Å². The van der Waals surface area contributed by atoms with Gasteiger partial charge < -0.3 is 9.74 Å². The summed E-state index contributed by atoms with van der Waals surface area (Å²) in [4.78, 5) is 7.01. The molecule has 0 amide bonds. The maximum absolute atomic E-state index is 5.02. The van der Waals surface area contributed by atoms with Crippen LogP contribution in [0.2, 0.25) is 0 Å². The highest BCUT2D eigenvalue weighted by Gasteiger charge is 2.14. The second kappa shape index (κ2) is 5.66. The van der Waals surface area contributed by atoms with Gasteiger partial charge in [-0.25, -0.2) is 5.90 Å². The van der Waals surface area contributed by atoms with Crippen LogP contribution in [0.15, 0.2) is 22.7 Å². The molecule has 0 spiro atoms. The minimum absolute atomic E-state index is 0.565. The maximum Gasteiger partial charge on any atom is 0.0719 e. The Hall–Kier alpha value is -0.580.